The Kier molecular flexibility index (Phi) is 3.51. The van der Waals surface area contributed by atoms with E-state index >= 15 is 0 Å². The van der Waals surface area contributed by atoms with Gasteiger partial charge in [-0.3, -0.25) is 9.89 Å². The number of rotatable bonds is 4. The molecule has 6 heteroatoms. The van der Waals surface area contributed by atoms with Crippen molar-refractivity contribution in [1.29, 1.82) is 0 Å². The average molecular weight is 281 g/mol. The maximum atomic E-state index is 12.1. The molecule has 0 saturated carbocycles. The van der Waals surface area contributed by atoms with E-state index in [9.17, 15) is 4.79 Å². The van der Waals surface area contributed by atoms with Crippen molar-refractivity contribution in [2.75, 3.05) is 5.32 Å². The Balaban J connectivity index is 1.74. The van der Waals surface area contributed by atoms with Gasteiger partial charge in [0.15, 0.2) is 0 Å². The molecule has 0 radical (unpaired) electrons. The lowest BCUT2D eigenvalue weighted by molar-refractivity contribution is 0.102. The summed E-state index contributed by atoms with van der Waals surface area (Å²) in [7, 11) is 0. The minimum absolute atomic E-state index is 0.166. The molecule has 0 aliphatic heterocycles. The van der Waals surface area contributed by atoms with Gasteiger partial charge in [-0.05, 0) is 24.6 Å². The molecule has 106 valence electrons. The quantitative estimate of drug-likeness (QED) is 0.770. The number of nitrogens with zero attached hydrogens (tertiary/aromatic N) is 3. The zero-order valence-corrected chi connectivity index (χ0v) is 11.6. The van der Waals surface area contributed by atoms with Crippen molar-refractivity contribution in [1.82, 2.24) is 19.7 Å². The molecular weight excluding hydrogens is 266 g/mol. The molecule has 0 aliphatic rings. The molecule has 3 rings (SSSR count). The van der Waals surface area contributed by atoms with Gasteiger partial charge in [-0.2, -0.15) is 5.10 Å². The number of amides is 1. The second kappa shape index (κ2) is 5.62. The van der Waals surface area contributed by atoms with Crippen LogP contribution in [0.5, 0.6) is 0 Å². The summed E-state index contributed by atoms with van der Waals surface area (Å²) < 4.78 is 1.97. The van der Waals surface area contributed by atoms with Crippen LogP contribution in [-0.4, -0.2) is 25.7 Å². The van der Waals surface area contributed by atoms with Gasteiger partial charge in [0.25, 0.3) is 5.91 Å². The molecule has 3 aromatic rings. The van der Waals surface area contributed by atoms with Gasteiger partial charge in [0, 0.05) is 30.3 Å². The summed E-state index contributed by atoms with van der Waals surface area (Å²) >= 11 is 0. The molecule has 2 N–H and O–H groups in total. The first-order valence-electron chi connectivity index (χ1n) is 6.58. The Bertz CT molecular complexity index is 745. The van der Waals surface area contributed by atoms with E-state index in [1.165, 1.54) is 6.20 Å². The molecule has 0 atom stereocenters. The van der Waals surface area contributed by atoms with E-state index in [1.807, 2.05) is 42.0 Å². The summed E-state index contributed by atoms with van der Waals surface area (Å²) in [5, 5.41) is 9.49. The van der Waals surface area contributed by atoms with Gasteiger partial charge in [0.05, 0.1) is 18.1 Å². The lowest BCUT2D eigenvalue weighted by Crippen LogP contribution is -2.12. The molecule has 0 unspecified atom stereocenters. The highest BCUT2D eigenvalue weighted by Crippen LogP contribution is 2.14. The van der Waals surface area contributed by atoms with Crippen LogP contribution in [0.15, 0.2) is 49.2 Å². The lowest BCUT2D eigenvalue weighted by Gasteiger charge is -2.07. The van der Waals surface area contributed by atoms with Gasteiger partial charge in [-0.1, -0.05) is 12.1 Å². The standard InChI is InChI=1S/C15H15N5O/c1-11-14(8-17-19-11)15(21)18-13-4-2-3-12(7-13)9-20-6-5-16-10-20/h2-8,10H,9H2,1H3,(H,17,19)(H,18,21). The first kappa shape index (κ1) is 13.1. The van der Waals surface area contributed by atoms with Crippen molar-refractivity contribution in [2.24, 2.45) is 0 Å². The van der Waals surface area contributed by atoms with Gasteiger partial charge in [-0.15, -0.1) is 0 Å². The van der Waals surface area contributed by atoms with Crippen LogP contribution >= 0.6 is 0 Å². The predicted molar refractivity (Wildman–Crippen MR) is 79.0 cm³/mol. The van der Waals surface area contributed by atoms with Crippen LogP contribution < -0.4 is 5.32 Å². The molecule has 2 heterocycles. The monoisotopic (exact) mass is 281 g/mol. The predicted octanol–water partition coefficient (Wildman–Crippen LogP) is 2.22. The maximum Gasteiger partial charge on any atom is 0.259 e. The van der Waals surface area contributed by atoms with Gasteiger partial charge in [-0.25, -0.2) is 4.98 Å². The molecule has 1 aromatic carbocycles. The SMILES string of the molecule is Cc1[nH]ncc1C(=O)Nc1cccc(Cn2ccnc2)c1. The van der Waals surface area contributed by atoms with Gasteiger partial charge in [0.1, 0.15) is 0 Å². The van der Waals surface area contributed by atoms with Crippen LogP contribution in [0, 0.1) is 6.92 Å². The van der Waals surface area contributed by atoms with E-state index in [4.69, 9.17) is 0 Å². The van der Waals surface area contributed by atoms with Gasteiger partial charge < -0.3 is 9.88 Å². The highest BCUT2D eigenvalue weighted by atomic mass is 16.1. The number of hydrogen-bond donors (Lipinski definition) is 2. The maximum absolute atomic E-state index is 12.1. The van der Waals surface area contributed by atoms with Crippen molar-refractivity contribution in [3.05, 3.63) is 66.0 Å². The number of aromatic amines is 1. The zero-order chi connectivity index (χ0) is 14.7. The number of anilines is 1. The summed E-state index contributed by atoms with van der Waals surface area (Å²) in [6, 6.07) is 7.75. The van der Waals surface area contributed by atoms with E-state index in [0.29, 0.717) is 12.1 Å². The zero-order valence-electron chi connectivity index (χ0n) is 11.6. The molecule has 0 bridgehead atoms. The number of aromatic nitrogens is 4. The Morgan fingerprint density at radius 3 is 3.05 bits per heavy atom. The molecule has 0 fully saturated rings. The molecule has 1 amide bonds. The van der Waals surface area contributed by atoms with E-state index in [1.54, 1.807) is 12.5 Å². The van der Waals surface area contributed by atoms with Crippen LogP contribution in [0.2, 0.25) is 0 Å². The summed E-state index contributed by atoms with van der Waals surface area (Å²) in [6.07, 6.45) is 6.94. The summed E-state index contributed by atoms with van der Waals surface area (Å²) in [5.74, 6) is -0.166. The second-order valence-corrected chi connectivity index (χ2v) is 4.80. The van der Waals surface area contributed by atoms with E-state index in [2.05, 4.69) is 20.5 Å². The fraction of sp³-hybridized carbons (Fsp3) is 0.133. The van der Waals surface area contributed by atoms with E-state index in [0.717, 1.165) is 16.9 Å². The number of H-pyrrole nitrogens is 1. The molecule has 21 heavy (non-hydrogen) atoms. The minimum Gasteiger partial charge on any atom is -0.333 e. The molecule has 2 aromatic heterocycles. The van der Waals surface area contributed by atoms with Crippen LogP contribution in [0.1, 0.15) is 21.6 Å². The fourth-order valence-electron chi connectivity index (χ4n) is 2.12. The number of carbonyl (C=O) groups excluding carboxylic acids is 1. The smallest absolute Gasteiger partial charge is 0.259 e. The topological polar surface area (TPSA) is 75.6 Å². The average Bonchev–Trinajstić information content (AvgIpc) is 3.10. The Labute approximate surface area is 121 Å². The van der Waals surface area contributed by atoms with E-state index < -0.39 is 0 Å². The largest absolute Gasteiger partial charge is 0.333 e. The molecule has 0 saturated heterocycles. The number of aryl methyl sites for hydroxylation is 1. The summed E-state index contributed by atoms with van der Waals surface area (Å²) in [4.78, 5) is 16.2. The van der Waals surface area contributed by atoms with Crippen LogP contribution in [0.4, 0.5) is 5.69 Å². The van der Waals surface area contributed by atoms with Crippen LogP contribution in [0.25, 0.3) is 0 Å². The third kappa shape index (κ3) is 3.00. The Morgan fingerprint density at radius 1 is 1.43 bits per heavy atom. The third-order valence-electron chi connectivity index (χ3n) is 3.18. The number of imidazole rings is 1. The molecule has 6 nitrogen and oxygen atoms in total. The number of nitrogens with one attached hydrogen (secondary N) is 2. The lowest BCUT2D eigenvalue weighted by atomic mass is 10.2. The number of carbonyl (C=O) groups is 1. The van der Waals surface area contributed by atoms with Crippen LogP contribution in [-0.2, 0) is 6.54 Å². The van der Waals surface area contributed by atoms with Crippen molar-refractivity contribution in [3.8, 4) is 0 Å². The van der Waals surface area contributed by atoms with Crippen molar-refractivity contribution < 1.29 is 4.79 Å². The minimum atomic E-state index is -0.166. The summed E-state index contributed by atoms with van der Waals surface area (Å²) in [6.45, 7) is 2.53. The highest BCUT2D eigenvalue weighted by molar-refractivity contribution is 6.04. The third-order valence-corrected chi connectivity index (χ3v) is 3.18. The van der Waals surface area contributed by atoms with Crippen LogP contribution in [0.3, 0.4) is 0 Å². The molecule has 0 aliphatic carbocycles. The summed E-state index contributed by atoms with van der Waals surface area (Å²) in [5.41, 5.74) is 3.16. The first-order chi connectivity index (χ1) is 10.2. The van der Waals surface area contributed by atoms with Crippen molar-refractivity contribution in [2.45, 2.75) is 13.5 Å². The molecule has 0 spiro atoms. The number of benzene rings is 1. The Hall–Kier alpha value is -2.89. The number of hydrogen-bond acceptors (Lipinski definition) is 3. The Morgan fingerprint density at radius 2 is 2.33 bits per heavy atom. The highest BCUT2D eigenvalue weighted by Gasteiger charge is 2.11. The molecular formula is C15H15N5O. The van der Waals surface area contributed by atoms with Gasteiger partial charge in [0.2, 0.25) is 0 Å². The van der Waals surface area contributed by atoms with Crippen molar-refractivity contribution in [3.63, 3.8) is 0 Å². The fourth-order valence-corrected chi connectivity index (χ4v) is 2.12. The van der Waals surface area contributed by atoms with Crippen molar-refractivity contribution >= 4 is 11.6 Å². The van der Waals surface area contributed by atoms with Gasteiger partial charge >= 0.3 is 0 Å². The van der Waals surface area contributed by atoms with E-state index in [-0.39, 0.29) is 5.91 Å². The normalized spacial score (nSPS) is 10.5. The second-order valence-electron chi connectivity index (χ2n) is 4.80. The first-order valence-corrected chi connectivity index (χ1v) is 6.58.